The number of benzene rings is 2. The Balaban J connectivity index is 2.08. The molecule has 0 bridgehead atoms. The molecule has 116 valence electrons. The molecule has 1 aliphatic carbocycles. The van der Waals surface area contributed by atoms with Crippen LogP contribution in [0.2, 0.25) is 0 Å². The second-order valence-electron chi connectivity index (χ2n) is 6.71. The Hall–Kier alpha value is -2.42. The molecule has 0 fully saturated rings. The number of nitrogens with zero attached hydrogens (tertiary/aromatic N) is 3. The number of aryl methyl sites for hydroxylation is 1. The summed E-state index contributed by atoms with van der Waals surface area (Å²) in [7, 11) is 1.98. The topological polar surface area (TPSA) is 30.7 Å². The quantitative estimate of drug-likeness (QED) is 0.665. The minimum absolute atomic E-state index is 0.488. The number of hydrogen-bond acceptors (Lipinski definition) is 2. The molecular formula is C20H21N3. The van der Waals surface area contributed by atoms with Crippen LogP contribution in [0.1, 0.15) is 30.9 Å². The third-order valence-electron chi connectivity index (χ3n) is 4.96. The number of hydrogen-bond donors (Lipinski definition) is 0. The lowest BCUT2D eigenvalue weighted by atomic mass is 9.77. The lowest BCUT2D eigenvalue weighted by molar-refractivity contribution is 0.496. The molecule has 0 radical (unpaired) electrons. The van der Waals surface area contributed by atoms with E-state index < -0.39 is 0 Å². The summed E-state index contributed by atoms with van der Waals surface area (Å²) in [5.74, 6) is 1.06. The highest BCUT2D eigenvalue weighted by Crippen LogP contribution is 2.42. The number of fused-ring (bicyclic) bond motifs is 5. The van der Waals surface area contributed by atoms with Crippen molar-refractivity contribution in [2.75, 3.05) is 0 Å². The molecule has 2 aromatic carbocycles. The largest absolute Gasteiger partial charge is 0.247 e. The average molecular weight is 303 g/mol. The van der Waals surface area contributed by atoms with Crippen LogP contribution in [0.3, 0.4) is 0 Å². The molecule has 0 saturated heterocycles. The van der Waals surface area contributed by atoms with E-state index >= 15 is 0 Å². The van der Waals surface area contributed by atoms with E-state index in [9.17, 15) is 0 Å². The molecule has 1 unspecified atom stereocenters. The smallest absolute Gasteiger partial charge is 0.121 e. The summed E-state index contributed by atoms with van der Waals surface area (Å²) in [6, 6.07) is 17.4. The van der Waals surface area contributed by atoms with Crippen molar-refractivity contribution in [3.05, 3.63) is 59.7 Å². The highest BCUT2D eigenvalue weighted by atomic mass is 15.4. The molecule has 0 N–H and O–H groups in total. The van der Waals surface area contributed by atoms with E-state index in [2.05, 4.69) is 72.7 Å². The SMILES string of the molecule is CC(C)C1Cc2ccccc2-c2c(nnn2C)-c2ccccc21. The lowest BCUT2D eigenvalue weighted by Crippen LogP contribution is -2.14. The summed E-state index contributed by atoms with van der Waals surface area (Å²) in [5, 5.41) is 8.82. The zero-order chi connectivity index (χ0) is 16.0. The molecule has 3 nitrogen and oxygen atoms in total. The zero-order valence-corrected chi connectivity index (χ0v) is 13.8. The molecule has 3 heteroatoms. The third kappa shape index (κ3) is 2.19. The molecule has 1 heterocycles. The van der Waals surface area contributed by atoms with Crippen molar-refractivity contribution >= 4 is 0 Å². The van der Waals surface area contributed by atoms with Gasteiger partial charge in [0, 0.05) is 18.2 Å². The average Bonchev–Trinajstić information content (AvgIpc) is 2.92. The maximum absolute atomic E-state index is 4.50. The fourth-order valence-electron chi connectivity index (χ4n) is 3.75. The van der Waals surface area contributed by atoms with E-state index in [1.54, 1.807) is 0 Å². The van der Waals surface area contributed by atoms with Crippen molar-refractivity contribution in [2.45, 2.75) is 26.2 Å². The first-order valence-electron chi connectivity index (χ1n) is 8.24. The van der Waals surface area contributed by atoms with Gasteiger partial charge in [0.2, 0.25) is 0 Å². The van der Waals surface area contributed by atoms with E-state index in [0.29, 0.717) is 11.8 Å². The highest BCUT2D eigenvalue weighted by molar-refractivity contribution is 5.82. The van der Waals surface area contributed by atoms with Gasteiger partial charge in [0.05, 0.1) is 5.69 Å². The van der Waals surface area contributed by atoms with Gasteiger partial charge < -0.3 is 0 Å². The van der Waals surface area contributed by atoms with Crippen LogP contribution in [0, 0.1) is 5.92 Å². The fraction of sp³-hybridized carbons (Fsp3) is 0.300. The first-order valence-corrected chi connectivity index (χ1v) is 8.24. The van der Waals surface area contributed by atoms with E-state index in [1.807, 2.05) is 11.7 Å². The summed E-state index contributed by atoms with van der Waals surface area (Å²) >= 11 is 0. The number of rotatable bonds is 1. The number of aromatic nitrogens is 3. The van der Waals surface area contributed by atoms with Gasteiger partial charge in [-0.1, -0.05) is 67.6 Å². The second kappa shape index (κ2) is 5.34. The monoisotopic (exact) mass is 303 g/mol. The normalized spacial score (nSPS) is 16.3. The van der Waals surface area contributed by atoms with Crippen LogP contribution in [-0.2, 0) is 13.5 Å². The van der Waals surface area contributed by atoms with Crippen LogP contribution in [0.4, 0.5) is 0 Å². The molecule has 0 aliphatic heterocycles. The van der Waals surface area contributed by atoms with Crippen LogP contribution in [0.15, 0.2) is 48.5 Å². The Morgan fingerprint density at radius 2 is 1.70 bits per heavy atom. The van der Waals surface area contributed by atoms with Gasteiger partial charge >= 0.3 is 0 Å². The maximum atomic E-state index is 4.50. The van der Waals surface area contributed by atoms with Crippen molar-refractivity contribution < 1.29 is 0 Å². The van der Waals surface area contributed by atoms with E-state index in [0.717, 1.165) is 17.8 Å². The fourth-order valence-corrected chi connectivity index (χ4v) is 3.75. The van der Waals surface area contributed by atoms with Crippen molar-refractivity contribution in [3.63, 3.8) is 0 Å². The van der Waals surface area contributed by atoms with Crippen molar-refractivity contribution in [3.8, 4) is 22.5 Å². The first kappa shape index (κ1) is 14.2. The molecule has 1 atom stereocenters. The Morgan fingerprint density at radius 3 is 2.48 bits per heavy atom. The van der Waals surface area contributed by atoms with Gasteiger partial charge in [-0.15, -0.1) is 5.10 Å². The highest BCUT2D eigenvalue weighted by Gasteiger charge is 2.28. The Bertz CT molecular complexity index is 861. The van der Waals surface area contributed by atoms with Crippen LogP contribution < -0.4 is 0 Å². The lowest BCUT2D eigenvalue weighted by Gasteiger charge is -2.27. The van der Waals surface area contributed by atoms with E-state index in [-0.39, 0.29) is 0 Å². The Kier molecular flexibility index (Phi) is 3.29. The van der Waals surface area contributed by atoms with E-state index in [1.165, 1.54) is 22.3 Å². The molecule has 1 aromatic heterocycles. The molecular weight excluding hydrogens is 282 g/mol. The van der Waals surface area contributed by atoms with Crippen LogP contribution in [0.25, 0.3) is 22.5 Å². The van der Waals surface area contributed by atoms with E-state index in [4.69, 9.17) is 0 Å². The van der Waals surface area contributed by atoms with Gasteiger partial charge in [0.15, 0.2) is 0 Å². The minimum atomic E-state index is 0.488. The molecule has 23 heavy (non-hydrogen) atoms. The van der Waals surface area contributed by atoms with Gasteiger partial charge in [-0.2, -0.15) is 0 Å². The van der Waals surface area contributed by atoms with Gasteiger partial charge in [-0.05, 0) is 29.4 Å². The van der Waals surface area contributed by atoms with Crippen LogP contribution in [0.5, 0.6) is 0 Å². The maximum Gasteiger partial charge on any atom is 0.121 e. The standard InChI is InChI=1S/C20H21N3/c1-13(2)18-12-14-8-4-5-9-15(14)20-19(21-22-23(20)3)17-11-7-6-10-16(17)18/h4-11,13,18H,12H2,1-3H3. The van der Waals surface area contributed by atoms with Gasteiger partial charge in [0.25, 0.3) is 0 Å². The second-order valence-corrected chi connectivity index (χ2v) is 6.71. The first-order chi connectivity index (χ1) is 11.2. The predicted molar refractivity (Wildman–Crippen MR) is 93.2 cm³/mol. The summed E-state index contributed by atoms with van der Waals surface area (Å²) in [4.78, 5) is 0. The van der Waals surface area contributed by atoms with Crippen molar-refractivity contribution in [2.24, 2.45) is 13.0 Å². The summed E-state index contributed by atoms with van der Waals surface area (Å²) in [6.45, 7) is 4.62. The minimum Gasteiger partial charge on any atom is -0.247 e. The summed E-state index contributed by atoms with van der Waals surface area (Å²) in [6.07, 6.45) is 1.05. The Labute approximate surface area is 137 Å². The molecule has 0 amide bonds. The Morgan fingerprint density at radius 1 is 1.00 bits per heavy atom. The van der Waals surface area contributed by atoms with Gasteiger partial charge in [0.1, 0.15) is 5.69 Å². The summed E-state index contributed by atoms with van der Waals surface area (Å²) in [5.41, 5.74) is 7.38. The van der Waals surface area contributed by atoms with Crippen molar-refractivity contribution in [1.82, 2.24) is 15.0 Å². The van der Waals surface area contributed by atoms with Gasteiger partial charge in [-0.25, -0.2) is 4.68 Å². The van der Waals surface area contributed by atoms with Gasteiger partial charge in [-0.3, -0.25) is 0 Å². The zero-order valence-electron chi connectivity index (χ0n) is 13.8. The molecule has 4 rings (SSSR count). The van der Waals surface area contributed by atoms with Crippen LogP contribution in [-0.4, -0.2) is 15.0 Å². The summed E-state index contributed by atoms with van der Waals surface area (Å²) < 4.78 is 1.90. The molecule has 0 saturated carbocycles. The molecule has 0 spiro atoms. The molecule has 1 aliphatic rings. The molecule has 3 aromatic rings. The van der Waals surface area contributed by atoms with Crippen molar-refractivity contribution in [1.29, 1.82) is 0 Å². The van der Waals surface area contributed by atoms with Crippen LogP contribution >= 0.6 is 0 Å². The predicted octanol–water partition coefficient (Wildman–Crippen LogP) is 4.44. The third-order valence-corrected chi connectivity index (χ3v) is 4.96.